The third-order valence-electron chi connectivity index (χ3n) is 4.42. The van der Waals surface area contributed by atoms with Crippen molar-refractivity contribution in [1.29, 1.82) is 0 Å². The van der Waals surface area contributed by atoms with Crippen molar-refractivity contribution in [2.45, 2.75) is 72.6 Å². The molecule has 2 atom stereocenters. The van der Waals surface area contributed by atoms with Crippen molar-refractivity contribution in [2.75, 3.05) is 13.2 Å². The molecule has 2 unspecified atom stereocenters. The Hall–Kier alpha value is -1.39. The molecule has 1 aromatic rings. The molecule has 4 heteroatoms. The van der Waals surface area contributed by atoms with E-state index < -0.39 is 6.10 Å². The normalized spacial score (nSPS) is 13.8. The van der Waals surface area contributed by atoms with E-state index in [4.69, 9.17) is 4.74 Å². The molecule has 0 bridgehead atoms. The Morgan fingerprint density at radius 3 is 2.58 bits per heavy atom. The number of hydrogen-bond donors (Lipinski definition) is 1. The molecule has 0 fully saturated rings. The van der Waals surface area contributed by atoms with Gasteiger partial charge in [-0.15, -0.1) is 0 Å². The van der Waals surface area contributed by atoms with Crippen LogP contribution in [-0.4, -0.2) is 41.3 Å². The lowest BCUT2D eigenvalue weighted by molar-refractivity contribution is -0.147. The number of rotatable bonds is 10. The van der Waals surface area contributed by atoms with E-state index in [1.165, 1.54) is 16.7 Å². The molecule has 0 spiro atoms. The first-order valence-electron chi connectivity index (χ1n) is 9.01. The van der Waals surface area contributed by atoms with Crippen molar-refractivity contribution in [1.82, 2.24) is 4.90 Å². The largest absolute Gasteiger partial charge is 0.463 e. The van der Waals surface area contributed by atoms with Crippen LogP contribution in [0.2, 0.25) is 0 Å². The molecule has 136 valence electrons. The number of aliphatic hydroxyl groups is 1. The van der Waals surface area contributed by atoms with Gasteiger partial charge in [0.2, 0.25) is 0 Å². The molecule has 0 aliphatic rings. The van der Waals surface area contributed by atoms with Crippen LogP contribution < -0.4 is 0 Å². The lowest BCUT2D eigenvalue weighted by atomic mass is 10.0. The highest BCUT2D eigenvalue weighted by Crippen LogP contribution is 2.16. The van der Waals surface area contributed by atoms with Gasteiger partial charge in [0, 0.05) is 25.6 Å². The van der Waals surface area contributed by atoms with Gasteiger partial charge in [-0.1, -0.05) is 37.6 Å². The minimum absolute atomic E-state index is 0.0681. The minimum Gasteiger partial charge on any atom is -0.463 e. The standard InChI is InChI=1S/C20H33NO3/c1-6-8-20(23)24-14-19(22)13-21(17(5)7-2)12-18-10-9-15(3)11-16(18)4/h9-11,17,19,22H,6-8,12-14H2,1-5H3. The third kappa shape index (κ3) is 7.02. The molecule has 0 aliphatic heterocycles. The van der Waals surface area contributed by atoms with Crippen molar-refractivity contribution in [3.63, 3.8) is 0 Å². The number of aryl methyl sites for hydroxylation is 2. The van der Waals surface area contributed by atoms with Gasteiger partial charge in [-0.25, -0.2) is 0 Å². The lowest BCUT2D eigenvalue weighted by Gasteiger charge is -2.31. The molecule has 0 saturated carbocycles. The van der Waals surface area contributed by atoms with E-state index in [0.29, 0.717) is 19.0 Å². The van der Waals surface area contributed by atoms with Crippen LogP contribution in [0.3, 0.4) is 0 Å². The molecule has 1 aromatic carbocycles. The van der Waals surface area contributed by atoms with E-state index >= 15 is 0 Å². The summed E-state index contributed by atoms with van der Waals surface area (Å²) in [6.45, 7) is 11.8. The maximum absolute atomic E-state index is 11.4. The van der Waals surface area contributed by atoms with Gasteiger partial charge in [0.1, 0.15) is 12.7 Å². The Morgan fingerprint density at radius 2 is 2.00 bits per heavy atom. The average molecular weight is 335 g/mol. The second kappa shape index (κ2) is 10.5. The van der Waals surface area contributed by atoms with Gasteiger partial charge in [0.25, 0.3) is 0 Å². The average Bonchev–Trinajstić information content (AvgIpc) is 2.54. The number of aliphatic hydroxyl groups excluding tert-OH is 1. The molecule has 0 aromatic heterocycles. The van der Waals surface area contributed by atoms with E-state index in [1.807, 2.05) is 6.92 Å². The summed E-state index contributed by atoms with van der Waals surface area (Å²) in [5.41, 5.74) is 3.80. The fraction of sp³-hybridized carbons (Fsp3) is 0.650. The topological polar surface area (TPSA) is 49.8 Å². The quantitative estimate of drug-likeness (QED) is 0.664. The van der Waals surface area contributed by atoms with Gasteiger partial charge in [-0.05, 0) is 44.7 Å². The molecular formula is C20H33NO3. The second-order valence-electron chi connectivity index (χ2n) is 6.70. The minimum atomic E-state index is -0.662. The Balaban J connectivity index is 2.66. The third-order valence-corrected chi connectivity index (χ3v) is 4.42. The highest BCUT2D eigenvalue weighted by molar-refractivity contribution is 5.69. The first kappa shape index (κ1) is 20.7. The zero-order chi connectivity index (χ0) is 18.1. The van der Waals surface area contributed by atoms with Crippen LogP contribution in [0.1, 0.15) is 56.7 Å². The molecule has 4 nitrogen and oxygen atoms in total. The predicted octanol–water partition coefficient (Wildman–Crippen LogP) is 3.61. The van der Waals surface area contributed by atoms with E-state index in [-0.39, 0.29) is 12.6 Å². The number of carbonyl (C=O) groups excluding carboxylic acids is 1. The summed E-state index contributed by atoms with van der Waals surface area (Å²) in [5, 5.41) is 10.3. The van der Waals surface area contributed by atoms with Crippen LogP contribution in [0.25, 0.3) is 0 Å². The van der Waals surface area contributed by atoms with Gasteiger partial charge in [-0.2, -0.15) is 0 Å². The van der Waals surface area contributed by atoms with E-state index in [2.05, 4.69) is 50.8 Å². The molecule has 24 heavy (non-hydrogen) atoms. The molecule has 0 saturated heterocycles. The fourth-order valence-corrected chi connectivity index (χ4v) is 2.69. The maximum atomic E-state index is 11.4. The Morgan fingerprint density at radius 1 is 1.29 bits per heavy atom. The molecule has 0 heterocycles. The van der Waals surface area contributed by atoms with Crippen LogP contribution in [0.5, 0.6) is 0 Å². The first-order chi connectivity index (χ1) is 11.4. The number of carbonyl (C=O) groups is 1. The van der Waals surface area contributed by atoms with Crippen LogP contribution in [0, 0.1) is 13.8 Å². The summed E-state index contributed by atoms with van der Waals surface area (Å²) in [6.07, 6.45) is 1.52. The van der Waals surface area contributed by atoms with Crippen LogP contribution in [-0.2, 0) is 16.1 Å². The molecular weight excluding hydrogens is 302 g/mol. The smallest absolute Gasteiger partial charge is 0.305 e. The van der Waals surface area contributed by atoms with E-state index in [1.54, 1.807) is 0 Å². The number of esters is 1. The summed E-state index contributed by atoms with van der Waals surface area (Å²) in [4.78, 5) is 13.7. The summed E-state index contributed by atoms with van der Waals surface area (Å²) in [5.74, 6) is -0.235. The Kier molecular flexibility index (Phi) is 9.01. The summed E-state index contributed by atoms with van der Waals surface area (Å²) < 4.78 is 5.13. The van der Waals surface area contributed by atoms with Crippen molar-refractivity contribution in [2.24, 2.45) is 0 Å². The van der Waals surface area contributed by atoms with Gasteiger partial charge >= 0.3 is 5.97 Å². The number of hydrogen-bond acceptors (Lipinski definition) is 4. The molecule has 1 N–H and O–H groups in total. The van der Waals surface area contributed by atoms with Crippen molar-refractivity contribution in [3.8, 4) is 0 Å². The highest BCUT2D eigenvalue weighted by Gasteiger charge is 2.19. The molecule has 0 aliphatic carbocycles. The van der Waals surface area contributed by atoms with Crippen LogP contribution in [0.4, 0.5) is 0 Å². The second-order valence-corrected chi connectivity index (χ2v) is 6.70. The zero-order valence-corrected chi connectivity index (χ0v) is 15.8. The summed E-state index contributed by atoms with van der Waals surface area (Å²) >= 11 is 0. The van der Waals surface area contributed by atoms with E-state index in [0.717, 1.165) is 19.4 Å². The SMILES string of the molecule is CCCC(=O)OCC(O)CN(Cc1ccc(C)cc1C)C(C)CC. The summed E-state index contributed by atoms with van der Waals surface area (Å²) in [7, 11) is 0. The van der Waals surface area contributed by atoms with Crippen molar-refractivity contribution < 1.29 is 14.6 Å². The molecule has 1 rings (SSSR count). The van der Waals surface area contributed by atoms with Crippen molar-refractivity contribution >= 4 is 5.97 Å². The Bertz CT molecular complexity index is 516. The van der Waals surface area contributed by atoms with Gasteiger partial charge in [-0.3, -0.25) is 9.69 Å². The summed E-state index contributed by atoms with van der Waals surface area (Å²) in [6, 6.07) is 6.83. The maximum Gasteiger partial charge on any atom is 0.305 e. The van der Waals surface area contributed by atoms with E-state index in [9.17, 15) is 9.90 Å². The van der Waals surface area contributed by atoms with Gasteiger partial charge in [0.15, 0.2) is 0 Å². The zero-order valence-electron chi connectivity index (χ0n) is 15.8. The number of nitrogens with zero attached hydrogens (tertiary/aromatic N) is 1. The fourth-order valence-electron chi connectivity index (χ4n) is 2.69. The highest BCUT2D eigenvalue weighted by atomic mass is 16.5. The van der Waals surface area contributed by atoms with Gasteiger partial charge in [0.05, 0.1) is 0 Å². The monoisotopic (exact) mass is 335 g/mol. The van der Waals surface area contributed by atoms with Gasteiger partial charge < -0.3 is 9.84 Å². The first-order valence-corrected chi connectivity index (χ1v) is 9.01. The molecule has 0 amide bonds. The number of ether oxygens (including phenoxy) is 1. The number of benzene rings is 1. The van der Waals surface area contributed by atoms with Crippen LogP contribution >= 0.6 is 0 Å². The predicted molar refractivity (Wildman–Crippen MR) is 98.0 cm³/mol. The van der Waals surface area contributed by atoms with Crippen molar-refractivity contribution in [3.05, 3.63) is 34.9 Å². The molecule has 0 radical (unpaired) electrons. The van der Waals surface area contributed by atoms with Crippen LogP contribution in [0.15, 0.2) is 18.2 Å². The lowest BCUT2D eigenvalue weighted by Crippen LogP contribution is -2.40. The Labute approximate surface area is 146 Å².